The summed E-state index contributed by atoms with van der Waals surface area (Å²) in [5, 5.41) is 3.12. The summed E-state index contributed by atoms with van der Waals surface area (Å²) in [5.74, 6) is 0. The van der Waals surface area contributed by atoms with Gasteiger partial charge in [-0.05, 0) is 48.9 Å². The van der Waals surface area contributed by atoms with E-state index in [4.69, 9.17) is 11.6 Å². The molecule has 13 heavy (non-hydrogen) atoms. The first-order chi connectivity index (χ1) is 6.40. The van der Waals surface area contributed by atoms with E-state index in [2.05, 4.69) is 23.5 Å². The Morgan fingerprint density at radius 2 is 1.92 bits per heavy atom. The van der Waals surface area contributed by atoms with Crippen LogP contribution in [0, 0.1) is 0 Å². The van der Waals surface area contributed by atoms with Crippen molar-refractivity contribution in [1.82, 2.24) is 0 Å². The summed E-state index contributed by atoms with van der Waals surface area (Å²) in [6, 6.07) is 7.06. The molecule has 1 aliphatic carbocycles. The lowest BCUT2D eigenvalue weighted by Gasteiger charge is -2.16. The molecular formula is C11H14ClN. The highest BCUT2D eigenvalue weighted by atomic mass is 35.5. The summed E-state index contributed by atoms with van der Waals surface area (Å²) < 4.78 is 0. The molecule has 0 spiro atoms. The maximum atomic E-state index is 5.61. The van der Waals surface area contributed by atoms with E-state index in [0.29, 0.717) is 6.00 Å². The molecule has 2 heteroatoms. The molecule has 0 saturated carbocycles. The van der Waals surface area contributed by atoms with Crippen molar-refractivity contribution in [2.45, 2.75) is 25.7 Å². The minimum atomic E-state index is 0.485. The molecule has 0 radical (unpaired) electrons. The van der Waals surface area contributed by atoms with Crippen LogP contribution < -0.4 is 5.32 Å². The van der Waals surface area contributed by atoms with Gasteiger partial charge in [-0.3, -0.25) is 0 Å². The van der Waals surface area contributed by atoms with Gasteiger partial charge in [0.2, 0.25) is 0 Å². The van der Waals surface area contributed by atoms with Gasteiger partial charge in [0, 0.05) is 5.69 Å². The minimum absolute atomic E-state index is 0.485. The standard InChI is InChI=1S/C11H14ClN/c12-8-13-11-6-5-9-3-1-2-4-10(9)7-11/h5-7,13H,1-4,8H2. The van der Waals surface area contributed by atoms with Crippen molar-refractivity contribution in [3.63, 3.8) is 0 Å². The highest BCUT2D eigenvalue weighted by Gasteiger charge is 2.08. The number of rotatable bonds is 2. The maximum Gasteiger partial charge on any atom is 0.0901 e. The third kappa shape index (κ3) is 1.97. The van der Waals surface area contributed by atoms with Crippen LogP contribution in [-0.4, -0.2) is 6.00 Å². The molecule has 1 aromatic rings. The number of halogens is 1. The first-order valence-corrected chi connectivity index (χ1v) is 5.35. The number of anilines is 1. The summed E-state index contributed by atoms with van der Waals surface area (Å²) in [6.07, 6.45) is 5.15. The second-order valence-corrected chi connectivity index (χ2v) is 3.77. The fourth-order valence-corrected chi connectivity index (χ4v) is 2.07. The Kier molecular flexibility index (Phi) is 2.74. The summed E-state index contributed by atoms with van der Waals surface area (Å²) in [4.78, 5) is 0. The fraction of sp³-hybridized carbons (Fsp3) is 0.455. The Bertz CT molecular complexity index is 296. The lowest BCUT2D eigenvalue weighted by atomic mass is 9.91. The second kappa shape index (κ2) is 4.01. The van der Waals surface area contributed by atoms with Crippen LogP contribution in [0.25, 0.3) is 0 Å². The van der Waals surface area contributed by atoms with Gasteiger partial charge < -0.3 is 5.32 Å². The Morgan fingerprint density at radius 1 is 1.15 bits per heavy atom. The van der Waals surface area contributed by atoms with Crippen molar-refractivity contribution in [2.75, 3.05) is 11.3 Å². The third-order valence-electron chi connectivity index (χ3n) is 2.62. The molecule has 0 fully saturated rings. The molecule has 0 bridgehead atoms. The Labute approximate surface area is 84.1 Å². The SMILES string of the molecule is ClCNc1ccc2c(c1)CCCC2. The number of hydrogen-bond acceptors (Lipinski definition) is 1. The Hall–Kier alpha value is -0.690. The van der Waals surface area contributed by atoms with Crippen LogP contribution in [0.5, 0.6) is 0 Å². The summed E-state index contributed by atoms with van der Waals surface area (Å²) in [6.45, 7) is 0. The summed E-state index contributed by atoms with van der Waals surface area (Å²) in [5.41, 5.74) is 4.17. The van der Waals surface area contributed by atoms with Gasteiger partial charge in [0.1, 0.15) is 0 Å². The van der Waals surface area contributed by atoms with Gasteiger partial charge >= 0.3 is 0 Å². The molecule has 1 N–H and O–H groups in total. The molecule has 0 saturated heterocycles. The average Bonchev–Trinajstić information content (AvgIpc) is 2.18. The van der Waals surface area contributed by atoms with Crippen LogP contribution in [0.3, 0.4) is 0 Å². The Balaban J connectivity index is 2.24. The molecule has 0 aliphatic heterocycles. The normalized spacial score (nSPS) is 15.2. The van der Waals surface area contributed by atoms with E-state index in [1.54, 1.807) is 0 Å². The van der Waals surface area contributed by atoms with Crippen molar-refractivity contribution < 1.29 is 0 Å². The predicted molar refractivity (Wildman–Crippen MR) is 57.4 cm³/mol. The van der Waals surface area contributed by atoms with Crippen molar-refractivity contribution >= 4 is 17.3 Å². The monoisotopic (exact) mass is 195 g/mol. The van der Waals surface area contributed by atoms with E-state index in [0.717, 1.165) is 5.69 Å². The number of alkyl halides is 1. The molecule has 0 heterocycles. The van der Waals surface area contributed by atoms with Crippen LogP contribution in [0.4, 0.5) is 5.69 Å². The van der Waals surface area contributed by atoms with Crippen molar-refractivity contribution in [3.8, 4) is 0 Å². The topological polar surface area (TPSA) is 12.0 Å². The molecule has 0 atom stereocenters. The van der Waals surface area contributed by atoms with E-state index < -0.39 is 0 Å². The number of aryl methyl sites for hydroxylation is 2. The molecule has 0 aromatic heterocycles. The fourth-order valence-electron chi connectivity index (χ4n) is 1.92. The number of benzene rings is 1. The van der Waals surface area contributed by atoms with Crippen LogP contribution in [-0.2, 0) is 12.8 Å². The van der Waals surface area contributed by atoms with Crippen LogP contribution >= 0.6 is 11.6 Å². The zero-order chi connectivity index (χ0) is 9.10. The molecule has 1 nitrogen and oxygen atoms in total. The van der Waals surface area contributed by atoms with E-state index >= 15 is 0 Å². The highest BCUT2D eigenvalue weighted by Crippen LogP contribution is 2.24. The zero-order valence-electron chi connectivity index (χ0n) is 7.65. The van der Waals surface area contributed by atoms with Gasteiger partial charge in [-0.1, -0.05) is 6.07 Å². The van der Waals surface area contributed by atoms with Gasteiger partial charge in [-0.25, -0.2) is 0 Å². The van der Waals surface area contributed by atoms with Crippen molar-refractivity contribution in [2.24, 2.45) is 0 Å². The third-order valence-corrected chi connectivity index (χ3v) is 2.75. The number of nitrogens with one attached hydrogen (secondary N) is 1. The molecule has 0 amide bonds. The van der Waals surface area contributed by atoms with E-state index in [9.17, 15) is 0 Å². The smallest absolute Gasteiger partial charge is 0.0901 e. The molecule has 2 rings (SSSR count). The first-order valence-electron chi connectivity index (χ1n) is 4.82. The number of fused-ring (bicyclic) bond motifs is 1. The highest BCUT2D eigenvalue weighted by molar-refractivity contribution is 6.18. The zero-order valence-corrected chi connectivity index (χ0v) is 8.40. The van der Waals surface area contributed by atoms with Crippen LogP contribution in [0.1, 0.15) is 24.0 Å². The quantitative estimate of drug-likeness (QED) is 0.565. The van der Waals surface area contributed by atoms with Crippen molar-refractivity contribution in [1.29, 1.82) is 0 Å². The molecule has 70 valence electrons. The van der Waals surface area contributed by atoms with Gasteiger partial charge in [-0.15, -0.1) is 11.6 Å². The predicted octanol–water partition coefficient (Wildman–Crippen LogP) is 3.17. The summed E-state index contributed by atoms with van der Waals surface area (Å²) >= 11 is 5.61. The van der Waals surface area contributed by atoms with Crippen LogP contribution in [0.15, 0.2) is 18.2 Å². The van der Waals surface area contributed by atoms with E-state index in [-0.39, 0.29) is 0 Å². The molecule has 0 unspecified atom stereocenters. The van der Waals surface area contributed by atoms with Gasteiger partial charge in [0.25, 0.3) is 0 Å². The minimum Gasteiger partial charge on any atom is -0.372 e. The molecular weight excluding hydrogens is 182 g/mol. The lowest BCUT2D eigenvalue weighted by Crippen LogP contribution is -2.03. The summed E-state index contributed by atoms with van der Waals surface area (Å²) in [7, 11) is 0. The van der Waals surface area contributed by atoms with Gasteiger partial charge in [0.05, 0.1) is 6.00 Å². The van der Waals surface area contributed by atoms with Crippen LogP contribution in [0.2, 0.25) is 0 Å². The van der Waals surface area contributed by atoms with Crippen molar-refractivity contribution in [3.05, 3.63) is 29.3 Å². The second-order valence-electron chi connectivity index (χ2n) is 3.50. The average molecular weight is 196 g/mol. The lowest BCUT2D eigenvalue weighted by molar-refractivity contribution is 0.686. The van der Waals surface area contributed by atoms with Gasteiger partial charge in [-0.2, -0.15) is 0 Å². The largest absolute Gasteiger partial charge is 0.372 e. The molecule has 1 aliphatic rings. The van der Waals surface area contributed by atoms with E-state index in [1.165, 1.54) is 36.8 Å². The Morgan fingerprint density at radius 3 is 2.69 bits per heavy atom. The van der Waals surface area contributed by atoms with Gasteiger partial charge in [0.15, 0.2) is 0 Å². The number of hydrogen-bond donors (Lipinski definition) is 1. The first kappa shape index (κ1) is 8.89. The van der Waals surface area contributed by atoms with E-state index in [1.807, 2.05) is 0 Å². The molecule has 1 aromatic carbocycles. The maximum absolute atomic E-state index is 5.61.